The van der Waals surface area contributed by atoms with E-state index in [0.717, 1.165) is 32.7 Å². The van der Waals surface area contributed by atoms with E-state index in [0.29, 0.717) is 0 Å². The van der Waals surface area contributed by atoms with E-state index in [9.17, 15) is 0 Å². The predicted octanol–water partition coefficient (Wildman–Crippen LogP) is 2.38. The Morgan fingerprint density at radius 3 is 2.57 bits per heavy atom. The zero-order valence-electron chi connectivity index (χ0n) is 12.6. The molecule has 3 aromatic heterocycles. The molecule has 0 bridgehead atoms. The minimum atomic E-state index is 0.719. The smallest absolute Gasteiger partial charge is 0.235 e. The third-order valence-corrected chi connectivity index (χ3v) is 4.34. The van der Waals surface area contributed by atoms with Crippen molar-refractivity contribution in [3.63, 3.8) is 0 Å². The van der Waals surface area contributed by atoms with Gasteiger partial charge in [-0.2, -0.15) is 9.61 Å². The van der Waals surface area contributed by atoms with Crippen LogP contribution in [0, 0.1) is 0 Å². The summed E-state index contributed by atoms with van der Waals surface area (Å²) < 4.78 is 1.75. The first-order valence-corrected chi connectivity index (χ1v) is 7.80. The minimum absolute atomic E-state index is 0.719. The number of fused-ring (bicyclic) bond motifs is 1. The number of rotatable bonds is 3. The molecular formula is C15H13N7S. The van der Waals surface area contributed by atoms with E-state index in [1.54, 1.807) is 23.1 Å². The number of anilines is 1. The van der Waals surface area contributed by atoms with Crippen molar-refractivity contribution in [2.45, 2.75) is 0 Å². The van der Waals surface area contributed by atoms with Crippen LogP contribution in [0.15, 0.2) is 42.9 Å². The average molecular weight is 323 g/mol. The molecule has 0 N–H and O–H groups in total. The highest BCUT2D eigenvalue weighted by Gasteiger charge is 2.15. The Labute approximate surface area is 136 Å². The summed E-state index contributed by atoms with van der Waals surface area (Å²) in [6.07, 6.45) is 4.98. The molecule has 7 nitrogen and oxygen atoms in total. The van der Waals surface area contributed by atoms with Crippen LogP contribution in [0.3, 0.4) is 0 Å². The second-order valence-corrected chi connectivity index (χ2v) is 6.11. The standard InChI is InChI=1S/C15H13N7S/c1-21(2)11-5-3-10(4-6-11)13-18-19-15-22(13)20-14(23-15)12-9-16-7-8-17-12/h3-9H,1-2H3. The van der Waals surface area contributed by atoms with Gasteiger partial charge in [-0.15, -0.1) is 10.2 Å². The van der Waals surface area contributed by atoms with E-state index in [2.05, 4.69) is 30.2 Å². The zero-order chi connectivity index (χ0) is 15.8. The van der Waals surface area contributed by atoms with E-state index in [1.807, 2.05) is 38.4 Å². The van der Waals surface area contributed by atoms with E-state index in [-0.39, 0.29) is 0 Å². The Morgan fingerprint density at radius 2 is 1.87 bits per heavy atom. The lowest BCUT2D eigenvalue weighted by Crippen LogP contribution is -2.08. The monoisotopic (exact) mass is 323 g/mol. The van der Waals surface area contributed by atoms with Crippen LogP contribution < -0.4 is 4.90 Å². The number of benzene rings is 1. The predicted molar refractivity (Wildman–Crippen MR) is 89.4 cm³/mol. The lowest BCUT2D eigenvalue weighted by molar-refractivity contribution is 0.965. The summed E-state index contributed by atoms with van der Waals surface area (Å²) in [4.78, 5) is 11.1. The van der Waals surface area contributed by atoms with E-state index < -0.39 is 0 Å². The average Bonchev–Trinajstić information content (AvgIpc) is 3.16. The van der Waals surface area contributed by atoms with Crippen LogP contribution in [0.5, 0.6) is 0 Å². The van der Waals surface area contributed by atoms with Gasteiger partial charge in [-0.1, -0.05) is 11.3 Å². The molecule has 0 fully saturated rings. The summed E-state index contributed by atoms with van der Waals surface area (Å²) in [5.74, 6) is 0.719. The van der Waals surface area contributed by atoms with E-state index in [4.69, 9.17) is 0 Å². The quantitative estimate of drug-likeness (QED) is 0.576. The third-order valence-electron chi connectivity index (χ3n) is 3.42. The van der Waals surface area contributed by atoms with Crippen molar-refractivity contribution in [1.29, 1.82) is 0 Å². The molecule has 0 atom stereocenters. The number of aromatic nitrogens is 6. The summed E-state index contributed by atoms with van der Waals surface area (Å²) in [6, 6.07) is 8.14. The first-order valence-electron chi connectivity index (χ1n) is 6.99. The molecule has 4 aromatic rings. The molecule has 1 aromatic carbocycles. The lowest BCUT2D eigenvalue weighted by atomic mass is 10.2. The maximum absolute atomic E-state index is 4.57. The lowest BCUT2D eigenvalue weighted by Gasteiger charge is -2.11. The van der Waals surface area contributed by atoms with Gasteiger partial charge in [-0.05, 0) is 24.3 Å². The fraction of sp³-hybridized carbons (Fsp3) is 0.133. The molecule has 0 saturated carbocycles. The van der Waals surface area contributed by atoms with Gasteiger partial charge in [-0.25, -0.2) is 0 Å². The first kappa shape index (κ1) is 13.8. The summed E-state index contributed by atoms with van der Waals surface area (Å²) in [5, 5.41) is 13.8. The van der Waals surface area contributed by atoms with Crippen LogP contribution in [-0.2, 0) is 0 Å². The fourth-order valence-corrected chi connectivity index (χ4v) is 3.02. The molecule has 0 saturated heterocycles. The SMILES string of the molecule is CN(C)c1ccc(-c2nnc3sc(-c4cnccn4)nn23)cc1. The van der Waals surface area contributed by atoms with Gasteiger partial charge in [0.05, 0.1) is 6.20 Å². The van der Waals surface area contributed by atoms with Crippen LogP contribution in [0.1, 0.15) is 0 Å². The molecular weight excluding hydrogens is 310 g/mol. The molecule has 0 aliphatic carbocycles. The Kier molecular flexibility index (Phi) is 3.23. The highest BCUT2D eigenvalue weighted by Crippen LogP contribution is 2.27. The van der Waals surface area contributed by atoms with Gasteiger partial charge in [0, 0.05) is 37.7 Å². The van der Waals surface area contributed by atoms with Crippen LogP contribution in [0.25, 0.3) is 27.1 Å². The molecule has 0 unspecified atom stereocenters. The van der Waals surface area contributed by atoms with Gasteiger partial charge in [0.25, 0.3) is 0 Å². The van der Waals surface area contributed by atoms with Crippen molar-refractivity contribution >= 4 is 22.0 Å². The molecule has 3 heterocycles. The first-order chi connectivity index (χ1) is 11.2. The molecule has 0 spiro atoms. The third kappa shape index (κ3) is 2.42. The zero-order valence-corrected chi connectivity index (χ0v) is 13.4. The van der Waals surface area contributed by atoms with E-state index in [1.165, 1.54) is 11.3 Å². The van der Waals surface area contributed by atoms with Gasteiger partial charge >= 0.3 is 0 Å². The molecule has 8 heteroatoms. The van der Waals surface area contributed by atoms with Crippen molar-refractivity contribution in [2.24, 2.45) is 0 Å². The van der Waals surface area contributed by atoms with E-state index >= 15 is 0 Å². The number of nitrogens with zero attached hydrogens (tertiary/aromatic N) is 7. The number of hydrogen-bond acceptors (Lipinski definition) is 7. The largest absolute Gasteiger partial charge is 0.378 e. The molecule has 23 heavy (non-hydrogen) atoms. The number of hydrogen-bond donors (Lipinski definition) is 0. The van der Waals surface area contributed by atoms with Crippen molar-refractivity contribution in [3.8, 4) is 22.1 Å². The molecule has 114 valence electrons. The molecule has 0 aliphatic heterocycles. The minimum Gasteiger partial charge on any atom is -0.378 e. The van der Waals surface area contributed by atoms with Crippen LogP contribution in [-0.4, -0.2) is 43.9 Å². The Morgan fingerprint density at radius 1 is 1.04 bits per heavy atom. The van der Waals surface area contributed by atoms with Crippen LogP contribution >= 0.6 is 11.3 Å². The summed E-state index contributed by atoms with van der Waals surface area (Å²) in [5.41, 5.74) is 2.84. The molecule has 0 aliphatic rings. The maximum atomic E-state index is 4.57. The topological polar surface area (TPSA) is 72.1 Å². The van der Waals surface area contributed by atoms with Crippen molar-refractivity contribution in [2.75, 3.05) is 19.0 Å². The normalized spacial score (nSPS) is 11.0. The highest BCUT2D eigenvalue weighted by atomic mass is 32.1. The Balaban J connectivity index is 1.77. The summed E-state index contributed by atoms with van der Waals surface area (Å²) >= 11 is 1.44. The molecule has 0 radical (unpaired) electrons. The van der Waals surface area contributed by atoms with Crippen LogP contribution in [0.2, 0.25) is 0 Å². The van der Waals surface area contributed by atoms with Crippen molar-refractivity contribution in [3.05, 3.63) is 42.9 Å². The van der Waals surface area contributed by atoms with Gasteiger partial charge in [0.2, 0.25) is 4.96 Å². The highest BCUT2D eigenvalue weighted by molar-refractivity contribution is 7.19. The van der Waals surface area contributed by atoms with Gasteiger partial charge in [0.1, 0.15) is 5.69 Å². The summed E-state index contributed by atoms with van der Waals surface area (Å²) in [7, 11) is 4.02. The second kappa shape index (κ2) is 5.40. The maximum Gasteiger partial charge on any atom is 0.235 e. The molecule has 4 rings (SSSR count). The van der Waals surface area contributed by atoms with Crippen molar-refractivity contribution < 1.29 is 0 Å². The van der Waals surface area contributed by atoms with Gasteiger partial charge in [0.15, 0.2) is 10.8 Å². The fourth-order valence-electron chi connectivity index (χ4n) is 2.22. The molecule has 0 amide bonds. The van der Waals surface area contributed by atoms with Crippen molar-refractivity contribution in [1.82, 2.24) is 29.8 Å². The van der Waals surface area contributed by atoms with Crippen LogP contribution in [0.4, 0.5) is 5.69 Å². The van der Waals surface area contributed by atoms with Gasteiger partial charge < -0.3 is 4.90 Å². The van der Waals surface area contributed by atoms with Gasteiger partial charge in [-0.3, -0.25) is 9.97 Å². The second-order valence-electron chi connectivity index (χ2n) is 5.16. The summed E-state index contributed by atoms with van der Waals surface area (Å²) in [6.45, 7) is 0. The Bertz CT molecular complexity index is 941. The Hall–Kier alpha value is -2.87.